The van der Waals surface area contributed by atoms with Crippen LogP contribution in [0, 0.1) is 0 Å². The fraction of sp³-hybridized carbons (Fsp3) is 0. The van der Waals surface area contributed by atoms with E-state index in [9.17, 15) is 0 Å². The minimum atomic E-state index is 0.939. The van der Waals surface area contributed by atoms with E-state index in [0.29, 0.717) is 0 Å². The number of pyridine rings is 3. The normalized spacial score (nSPS) is 11.9. The quantitative estimate of drug-likeness (QED) is 0.213. The number of para-hydroxylation sites is 2. The molecule has 4 nitrogen and oxygen atoms in total. The summed E-state index contributed by atoms with van der Waals surface area (Å²) in [5.41, 5.74) is 9.20. The van der Waals surface area contributed by atoms with Gasteiger partial charge in [-0.2, -0.15) is 0 Å². The van der Waals surface area contributed by atoms with Gasteiger partial charge in [-0.1, -0.05) is 72.8 Å². The Kier molecular flexibility index (Phi) is 4.58. The molecule has 0 amide bonds. The van der Waals surface area contributed by atoms with Crippen molar-refractivity contribution in [1.29, 1.82) is 0 Å². The molecule has 0 bridgehead atoms. The van der Waals surface area contributed by atoms with Crippen molar-refractivity contribution in [3.63, 3.8) is 0 Å². The van der Waals surface area contributed by atoms with Gasteiger partial charge in [0, 0.05) is 38.9 Å². The fourth-order valence-corrected chi connectivity index (χ4v) is 6.25. The summed E-state index contributed by atoms with van der Waals surface area (Å²) in [6, 6.07) is 44.7. The van der Waals surface area contributed by atoms with E-state index in [1.807, 2.05) is 18.3 Å². The molecule has 9 aromatic rings. The van der Waals surface area contributed by atoms with Crippen LogP contribution in [-0.4, -0.2) is 19.4 Å². The monoisotopic (exact) mass is 522 g/mol. The van der Waals surface area contributed by atoms with Gasteiger partial charge in [-0.3, -0.25) is 9.38 Å². The van der Waals surface area contributed by atoms with Crippen LogP contribution in [0.4, 0.5) is 0 Å². The zero-order valence-corrected chi connectivity index (χ0v) is 22.0. The van der Waals surface area contributed by atoms with Gasteiger partial charge < -0.3 is 0 Å². The Balaban J connectivity index is 1.33. The molecule has 0 saturated heterocycles. The van der Waals surface area contributed by atoms with E-state index < -0.39 is 0 Å². The number of hydrogen-bond donors (Lipinski definition) is 0. The Morgan fingerprint density at radius 2 is 1.24 bits per heavy atom. The van der Waals surface area contributed by atoms with Gasteiger partial charge in [-0.25, -0.2) is 9.97 Å². The Morgan fingerprint density at radius 3 is 2.17 bits per heavy atom. The van der Waals surface area contributed by atoms with E-state index in [1.165, 1.54) is 10.8 Å². The van der Waals surface area contributed by atoms with Gasteiger partial charge in [0.25, 0.3) is 0 Å². The second-order valence-electron chi connectivity index (χ2n) is 10.5. The molecule has 0 fully saturated rings. The first-order valence-corrected chi connectivity index (χ1v) is 13.8. The number of nitrogens with zero attached hydrogens (tertiary/aromatic N) is 4. The largest absolute Gasteiger partial charge is 0.292 e. The summed E-state index contributed by atoms with van der Waals surface area (Å²) in [5.74, 6) is 0. The molecule has 0 unspecified atom stereocenters. The number of imidazole rings is 1. The van der Waals surface area contributed by atoms with Crippen molar-refractivity contribution in [3.05, 3.63) is 134 Å². The molecule has 0 aliphatic heterocycles. The molecular formula is C37H22N4. The molecule has 9 rings (SSSR count). The summed E-state index contributed by atoms with van der Waals surface area (Å²) in [7, 11) is 0. The summed E-state index contributed by atoms with van der Waals surface area (Å²) in [6.07, 6.45) is 1.87. The number of benzene rings is 5. The fourth-order valence-electron chi connectivity index (χ4n) is 6.25. The number of fused-ring (bicyclic) bond motifs is 11. The molecule has 0 spiro atoms. The molecule has 5 aromatic carbocycles. The van der Waals surface area contributed by atoms with Crippen molar-refractivity contribution in [3.8, 4) is 22.5 Å². The second kappa shape index (κ2) is 8.44. The molecule has 4 heteroatoms. The summed E-state index contributed by atoms with van der Waals surface area (Å²) < 4.78 is 2.28. The third-order valence-corrected chi connectivity index (χ3v) is 8.17. The molecule has 0 saturated carbocycles. The minimum Gasteiger partial charge on any atom is -0.292 e. The van der Waals surface area contributed by atoms with Crippen LogP contribution in [0.3, 0.4) is 0 Å². The van der Waals surface area contributed by atoms with Crippen molar-refractivity contribution in [1.82, 2.24) is 19.4 Å². The first-order chi connectivity index (χ1) is 20.3. The van der Waals surface area contributed by atoms with E-state index in [2.05, 4.69) is 120 Å². The molecule has 0 aliphatic carbocycles. The summed E-state index contributed by atoms with van der Waals surface area (Å²) in [6.45, 7) is 0. The van der Waals surface area contributed by atoms with Crippen LogP contribution in [-0.2, 0) is 0 Å². The van der Waals surface area contributed by atoms with Crippen molar-refractivity contribution in [2.24, 2.45) is 0 Å². The molecule has 0 atom stereocenters. The smallest absolute Gasteiger partial charge is 0.146 e. The molecule has 4 heterocycles. The predicted molar refractivity (Wildman–Crippen MR) is 169 cm³/mol. The molecule has 0 aliphatic rings. The van der Waals surface area contributed by atoms with Gasteiger partial charge in [0.15, 0.2) is 0 Å². The van der Waals surface area contributed by atoms with E-state index in [-0.39, 0.29) is 0 Å². The highest BCUT2D eigenvalue weighted by Crippen LogP contribution is 2.37. The highest BCUT2D eigenvalue weighted by atomic mass is 15.0. The SMILES string of the molecule is c1cc(-c2ccc3ccccc3c2)nc(-c2ccc3c(c2)c2c(ccc4cccnc42)c2nc4ccccc4n32)c1. The topological polar surface area (TPSA) is 43.1 Å². The molecular weight excluding hydrogens is 500 g/mol. The van der Waals surface area contributed by atoms with Gasteiger partial charge in [0.1, 0.15) is 5.65 Å². The van der Waals surface area contributed by atoms with Crippen LogP contribution < -0.4 is 0 Å². The van der Waals surface area contributed by atoms with E-state index in [1.54, 1.807) is 0 Å². The Morgan fingerprint density at radius 1 is 0.488 bits per heavy atom. The van der Waals surface area contributed by atoms with Gasteiger partial charge in [-0.05, 0) is 65.4 Å². The highest BCUT2D eigenvalue weighted by Gasteiger charge is 2.17. The lowest BCUT2D eigenvalue weighted by molar-refractivity contribution is 1.31. The molecule has 0 N–H and O–H groups in total. The van der Waals surface area contributed by atoms with Crippen LogP contribution >= 0.6 is 0 Å². The van der Waals surface area contributed by atoms with Gasteiger partial charge in [-0.15, -0.1) is 0 Å². The third kappa shape index (κ3) is 3.31. The Labute approximate surface area is 235 Å². The number of hydrogen-bond acceptors (Lipinski definition) is 3. The number of aromatic nitrogens is 4. The van der Waals surface area contributed by atoms with Crippen LogP contribution in [0.1, 0.15) is 0 Å². The average molecular weight is 523 g/mol. The van der Waals surface area contributed by atoms with E-state index in [0.717, 1.165) is 71.8 Å². The first kappa shape index (κ1) is 22.2. The second-order valence-corrected chi connectivity index (χ2v) is 10.5. The zero-order chi connectivity index (χ0) is 26.9. The van der Waals surface area contributed by atoms with Gasteiger partial charge >= 0.3 is 0 Å². The van der Waals surface area contributed by atoms with Crippen LogP contribution in [0.2, 0.25) is 0 Å². The molecule has 41 heavy (non-hydrogen) atoms. The maximum Gasteiger partial charge on any atom is 0.146 e. The van der Waals surface area contributed by atoms with Crippen LogP contribution in [0.15, 0.2) is 134 Å². The maximum atomic E-state index is 5.14. The standard InChI is InChI=1S/C37H22N4/c1-2-8-25-21-26(15-14-23(25)7-1)30-11-5-12-31(39-30)27-17-19-33-29(22-27)35-28(18-16-24-9-6-20-38-36(24)35)37-40-32-10-3-4-13-34(32)41(33)37/h1-22H. The first-order valence-electron chi connectivity index (χ1n) is 13.8. The van der Waals surface area contributed by atoms with Crippen molar-refractivity contribution < 1.29 is 0 Å². The van der Waals surface area contributed by atoms with E-state index in [4.69, 9.17) is 15.0 Å². The van der Waals surface area contributed by atoms with Crippen LogP contribution in [0.25, 0.3) is 82.5 Å². The summed E-state index contributed by atoms with van der Waals surface area (Å²) in [4.78, 5) is 15.1. The Hall–Kier alpha value is -5.61. The summed E-state index contributed by atoms with van der Waals surface area (Å²) >= 11 is 0. The Bertz CT molecular complexity index is 2490. The van der Waals surface area contributed by atoms with Crippen molar-refractivity contribution in [2.45, 2.75) is 0 Å². The maximum absolute atomic E-state index is 5.14. The minimum absolute atomic E-state index is 0.939. The molecule has 4 aromatic heterocycles. The van der Waals surface area contributed by atoms with Crippen molar-refractivity contribution >= 4 is 60.0 Å². The van der Waals surface area contributed by atoms with Gasteiger partial charge in [0.2, 0.25) is 0 Å². The third-order valence-electron chi connectivity index (χ3n) is 8.17. The lowest BCUT2D eigenvalue weighted by Crippen LogP contribution is -1.94. The van der Waals surface area contributed by atoms with Gasteiger partial charge in [0.05, 0.1) is 33.5 Å². The zero-order valence-electron chi connectivity index (χ0n) is 22.0. The average Bonchev–Trinajstić information content (AvgIpc) is 3.44. The highest BCUT2D eigenvalue weighted by molar-refractivity contribution is 6.23. The lowest BCUT2D eigenvalue weighted by Gasteiger charge is -2.13. The molecule has 190 valence electrons. The van der Waals surface area contributed by atoms with E-state index >= 15 is 0 Å². The lowest BCUT2D eigenvalue weighted by atomic mass is 9.99. The molecule has 0 radical (unpaired) electrons. The summed E-state index contributed by atoms with van der Waals surface area (Å²) in [5, 5.41) is 6.90. The predicted octanol–water partition coefficient (Wildman–Crippen LogP) is 9.22. The number of rotatable bonds is 2. The van der Waals surface area contributed by atoms with Crippen LogP contribution in [0.5, 0.6) is 0 Å². The van der Waals surface area contributed by atoms with Crippen molar-refractivity contribution in [2.75, 3.05) is 0 Å².